The van der Waals surface area contributed by atoms with Gasteiger partial charge in [-0.3, -0.25) is 4.79 Å². The van der Waals surface area contributed by atoms with Crippen molar-refractivity contribution in [1.29, 1.82) is 0 Å². The molecule has 0 saturated carbocycles. The molecule has 1 atom stereocenters. The molecule has 0 aliphatic heterocycles. The minimum atomic E-state index is -0.586. The zero-order valence-corrected chi connectivity index (χ0v) is 12.1. The van der Waals surface area contributed by atoms with Gasteiger partial charge in [0.1, 0.15) is 5.75 Å². The zero-order chi connectivity index (χ0) is 14.5. The Morgan fingerprint density at radius 1 is 1.20 bits per heavy atom. The molecule has 0 fully saturated rings. The fourth-order valence-electron chi connectivity index (χ4n) is 1.68. The second kappa shape index (κ2) is 6.44. The Labute approximate surface area is 123 Å². The Balaban J connectivity index is 1.96. The van der Waals surface area contributed by atoms with Crippen molar-refractivity contribution in [2.24, 2.45) is 0 Å². The first-order valence-electron chi connectivity index (χ1n) is 6.34. The van der Waals surface area contributed by atoms with Crippen molar-refractivity contribution in [1.82, 2.24) is 0 Å². The van der Waals surface area contributed by atoms with E-state index in [-0.39, 0.29) is 5.91 Å². The van der Waals surface area contributed by atoms with Crippen molar-refractivity contribution in [3.8, 4) is 5.75 Å². The van der Waals surface area contributed by atoms with Crippen molar-refractivity contribution in [3.05, 3.63) is 59.1 Å². The Morgan fingerprint density at radius 3 is 2.55 bits per heavy atom. The van der Waals surface area contributed by atoms with Crippen molar-refractivity contribution < 1.29 is 9.53 Å². The van der Waals surface area contributed by atoms with Crippen LogP contribution in [0.1, 0.15) is 12.5 Å². The number of benzene rings is 2. The largest absolute Gasteiger partial charge is 0.481 e. The molecule has 1 N–H and O–H groups in total. The molecule has 0 aromatic heterocycles. The van der Waals surface area contributed by atoms with E-state index >= 15 is 0 Å². The molecule has 4 heteroatoms. The van der Waals surface area contributed by atoms with Crippen LogP contribution >= 0.6 is 11.6 Å². The molecule has 1 amide bonds. The SMILES string of the molecule is Cc1ccc(OC(C)C(=O)Nc2cccc(Cl)c2)cc1. The number of nitrogens with one attached hydrogen (secondary N) is 1. The zero-order valence-electron chi connectivity index (χ0n) is 11.4. The van der Waals surface area contributed by atoms with Gasteiger partial charge in [0.15, 0.2) is 6.10 Å². The third kappa shape index (κ3) is 4.00. The maximum atomic E-state index is 12.0. The number of carbonyl (C=O) groups excluding carboxylic acids is 1. The normalized spacial score (nSPS) is 11.8. The van der Waals surface area contributed by atoms with E-state index in [0.29, 0.717) is 16.5 Å². The minimum absolute atomic E-state index is 0.215. The minimum Gasteiger partial charge on any atom is -0.481 e. The highest BCUT2D eigenvalue weighted by Gasteiger charge is 2.14. The molecule has 20 heavy (non-hydrogen) atoms. The second-order valence-corrected chi connectivity index (χ2v) is 5.01. The van der Waals surface area contributed by atoms with E-state index < -0.39 is 6.10 Å². The molecule has 0 radical (unpaired) electrons. The van der Waals surface area contributed by atoms with E-state index in [1.165, 1.54) is 0 Å². The van der Waals surface area contributed by atoms with E-state index in [2.05, 4.69) is 5.32 Å². The highest BCUT2D eigenvalue weighted by Crippen LogP contribution is 2.17. The molecule has 104 valence electrons. The van der Waals surface area contributed by atoms with Crippen molar-refractivity contribution in [2.45, 2.75) is 20.0 Å². The quantitative estimate of drug-likeness (QED) is 0.922. The molecule has 0 saturated heterocycles. The van der Waals surface area contributed by atoms with Crippen LogP contribution in [0, 0.1) is 6.92 Å². The molecule has 0 aliphatic rings. The van der Waals surface area contributed by atoms with Gasteiger partial charge in [-0.2, -0.15) is 0 Å². The summed E-state index contributed by atoms with van der Waals surface area (Å²) >= 11 is 5.87. The first-order chi connectivity index (χ1) is 9.54. The lowest BCUT2D eigenvalue weighted by Gasteiger charge is -2.15. The van der Waals surface area contributed by atoms with Gasteiger partial charge in [-0.05, 0) is 44.2 Å². The molecular weight excluding hydrogens is 274 g/mol. The predicted octanol–water partition coefficient (Wildman–Crippen LogP) is 4.05. The number of hydrogen-bond acceptors (Lipinski definition) is 2. The summed E-state index contributed by atoms with van der Waals surface area (Å²) in [5.41, 5.74) is 1.80. The number of carbonyl (C=O) groups is 1. The molecule has 2 rings (SSSR count). The molecular formula is C16H16ClNO2. The molecule has 0 bridgehead atoms. The van der Waals surface area contributed by atoms with Gasteiger partial charge in [0.2, 0.25) is 0 Å². The summed E-state index contributed by atoms with van der Waals surface area (Å²) in [4.78, 5) is 12.0. The van der Waals surface area contributed by atoms with Crippen LogP contribution in [0.15, 0.2) is 48.5 Å². The Morgan fingerprint density at radius 2 is 1.90 bits per heavy atom. The Hall–Kier alpha value is -2.00. The smallest absolute Gasteiger partial charge is 0.265 e. The predicted molar refractivity (Wildman–Crippen MR) is 81.4 cm³/mol. The summed E-state index contributed by atoms with van der Waals surface area (Å²) in [6.07, 6.45) is -0.586. The summed E-state index contributed by atoms with van der Waals surface area (Å²) in [6.45, 7) is 3.71. The fraction of sp³-hybridized carbons (Fsp3) is 0.188. The topological polar surface area (TPSA) is 38.3 Å². The number of hydrogen-bond donors (Lipinski definition) is 1. The number of anilines is 1. The highest BCUT2D eigenvalue weighted by atomic mass is 35.5. The summed E-state index contributed by atoms with van der Waals surface area (Å²) in [7, 11) is 0. The summed E-state index contributed by atoms with van der Waals surface area (Å²) < 4.78 is 5.59. The summed E-state index contributed by atoms with van der Waals surface area (Å²) in [5, 5.41) is 3.34. The van der Waals surface area contributed by atoms with Crippen LogP contribution in [0.3, 0.4) is 0 Å². The Bertz CT molecular complexity index is 596. The van der Waals surface area contributed by atoms with E-state index in [1.54, 1.807) is 31.2 Å². The maximum absolute atomic E-state index is 12.0. The fourth-order valence-corrected chi connectivity index (χ4v) is 1.87. The number of aryl methyl sites for hydroxylation is 1. The lowest BCUT2D eigenvalue weighted by molar-refractivity contribution is -0.122. The van der Waals surface area contributed by atoms with Crippen LogP contribution in [0.2, 0.25) is 5.02 Å². The molecule has 0 aliphatic carbocycles. The standard InChI is InChI=1S/C16H16ClNO2/c1-11-6-8-15(9-7-11)20-12(2)16(19)18-14-5-3-4-13(17)10-14/h3-10,12H,1-2H3,(H,18,19). The molecule has 1 unspecified atom stereocenters. The van der Waals surface area contributed by atoms with Gasteiger partial charge in [-0.25, -0.2) is 0 Å². The van der Waals surface area contributed by atoms with Gasteiger partial charge in [0, 0.05) is 10.7 Å². The average molecular weight is 290 g/mol. The van der Waals surface area contributed by atoms with Gasteiger partial charge < -0.3 is 10.1 Å². The van der Waals surface area contributed by atoms with Crippen LogP contribution in [0.25, 0.3) is 0 Å². The van der Waals surface area contributed by atoms with Gasteiger partial charge in [-0.1, -0.05) is 35.4 Å². The van der Waals surface area contributed by atoms with E-state index in [4.69, 9.17) is 16.3 Å². The first kappa shape index (κ1) is 14.4. The second-order valence-electron chi connectivity index (χ2n) is 4.57. The number of rotatable bonds is 4. The van der Waals surface area contributed by atoms with Crippen LogP contribution in [0.4, 0.5) is 5.69 Å². The van der Waals surface area contributed by atoms with Crippen LogP contribution in [0.5, 0.6) is 5.75 Å². The van der Waals surface area contributed by atoms with Crippen molar-refractivity contribution in [3.63, 3.8) is 0 Å². The third-order valence-corrected chi connectivity index (χ3v) is 3.03. The first-order valence-corrected chi connectivity index (χ1v) is 6.72. The maximum Gasteiger partial charge on any atom is 0.265 e. The number of ether oxygens (including phenoxy) is 1. The van der Waals surface area contributed by atoms with Gasteiger partial charge in [0.25, 0.3) is 5.91 Å². The number of halogens is 1. The van der Waals surface area contributed by atoms with Gasteiger partial charge in [-0.15, -0.1) is 0 Å². The van der Waals surface area contributed by atoms with Crippen molar-refractivity contribution in [2.75, 3.05) is 5.32 Å². The van der Waals surface area contributed by atoms with E-state index in [9.17, 15) is 4.79 Å². The van der Waals surface area contributed by atoms with Crippen LogP contribution in [-0.2, 0) is 4.79 Å². The molecule has 2 aromatic carbocycles. The van der Waals surface area contributed by atoms with Crippen molar-refractivity contribution >= 4 is 23.2 Å². The van der Waals surface area contributed by atoms with E-state index in [0.717, 1.165) is 5.56 Å². The third-order valence-electron chi connectivity index (χ3n) is 2.80. The molecule has 0 spiro atoms. The summed E-state index contributed by atoms with van der Waals surface area (Å²) in [6, 6.07) is 14.6. The number of amides is 1. The van der Waals surface area contributed by atoms with Crippen LogP contribution in [-0.4, -0.2) is 12.0 Å². The average Bonchev–Trinajstić information content (AvgIpc) is 2.41. The lowest BCUT2D eigenvalue weighted by atomic mass is 10.2. The van der Waals surface area contributed by atoms with Gasteiger partial charge >= 0.3 is 0 Å². The molecule has 3 nitrogen and oxygen atoms in total. The lowest BCUT2D eigenvalue weighted by Crippen LogP contribution is -2.30. The monoisotopic (exact) mass is 289 g/mol. The highest BCUT2D eigenvalue weighted by molar-refractivity contribution is 6.30. The van der Waals surface area contributed by atoms with E-state index in [1.807, 2.05) is 31.2 Å². The van der Waals surface area contributed by atoms with Gasteiger partial charge in [0.05, 0.1) is 0 Å². The molecule has 0 heterocycles. The molecule has 2 aromatic rings. The van der Waals surface area contributed by atoms with Crippen LogP contribution < -0.4 is 10.1 Å². The Kier molecular flexibility index (Phi) is 4.64. The summed E-state index contributed by atoms with van der Waals surface area (Å²) in [5.74, 6) is 0.456.